The number of rotatable bonds is 5. The van der Waals surface area contributed by atoms with Crippen molar-refractivity contribution >= 4 is 0 Å². The Labute approximate surface area is 134 Å². The van der Waals surface area contributed by atoms with Gasteiger partial charge in [-0.25, -0.2) is 0 Å². The number of hydrogen-bond acceptors (Lipinski definition) is 3. The first-order valence-corrected chi connectivity index (χ1v) is 8.81. The van der Waals surface area contributed by atoms with Crippen LogP contribution >= 0.6 is 0 Å². The SMILES string of the molecule is Cc1cc(C)cc(C(O)CN2CCC(CN3CCCC3)C2)c1. The standard InChI is InChI=1S/C19H30N2O/c1-15-9-16(2)11-18(10-15)19(22)14-21-8-5-17(13-21)12-20-6-3-4-7-20/h9-11,17,19,22H,3-8,12-14H2,1-2H3. The van der Waals surface area contributed by atoms with E-state index in [-0.39, 0.29) is 6.10 Å². The van der Waals surface area contributed by atoms with Crippen molar-refractivity contribution in [2.75, 3.05) is 39.3 Å². The number of aliphatic hydroxyl groups excluding tert-OH is 1. The number of aryl methyl sites for hydroxylation is 2. The Bertz CT molecular complexity index is 476. The quantitative estimate of drug-likeness (QED) is 0.906. The molecule has 1 N–H and O–H groups in total. The fraction of sp³-hybridized carbons (Fsp3) is 0.684. The van der Waals surface area contributed by atoms with Crippen molar-refractivity contribution in [1.82, 2.24) is 9.80 Å². The first kappa shape index (κ1) is 16.0. The van der Waals surface area contributed by atoms with Crippen molar-refractivity contribution in [2.45, 2.75) is 39.2 Å². The van der Waals surface area contributed by atoms with Gasteiger partial charge in [-0.3, -0.25) is 0 Å². The van der Waals surface area contributed by atoms with Crippen LogP contribution in [0.3, 0.4) is 0 Å². The van der Waals surface area contributed by atoms with Crippen LogP contribution in [0.1, 0.15) is 42.1 Å². The number of nitrogens with zero attached hydrogens (tertiary/aromatic N) is 2. The Balaban J connectivity index is 1.50. The summed E-state index contributed by atoms with van der Waals surface area (Å²) in [6.07, 6.45) is 3.68. The third kappa shape index (κ3) is 4.09. The number of aliphatic hydroxyl groups is 1. The summed E-state index contributed by atoms with van der Waals surface area (Å²) < 4.78 is 0. The fourth-order valence-electron chi connectivity index (χ4n) is 4.11. The minimum Gasteiger partial charge on any atom is -0.387 e. The maximum absolute atomic E-state index is 10.5. The van der Waals surface area contributed by atoms with E-state index in [1.165, 1.54) is 50.0 Å². The fourth-order valence-corrected chi connectivity index (χ4v) is 4.11. The largest absolute Gasteiger partial charge is 0.387 e. The van der Waals surface area contributed by atoms with E-state index in [2.05, 4.69) is 41.8 Å². The molecule has 2 aliphatic rings. The molecule has 3 heteroatoms. The number of hydrogen-bond donors (Lipinski definition) is 1. The van der Waals surface area contributed by atoms with Gasteiger partial charge in [0.25, 0.3) is 0 Å². The smallest absolute Gasteiger partial charge is 0.0917 e. The highest BCUT2D eigenvalue weighted by molar-refractivity contribution is 5.30. The maximum Gasteiger partial charge on any atom is 0.0917 e. The highest BCUT2D eigenvalue weighted by Gasteiger charge is 2.27. The normalized spacial score (nSPS) is 25.0. The molecule has 0 saturated carbocycles. The van der Waals surface area contributed by atoms with Gasteiger partial charge in [0.2, 0.25) is 0 Å². The lowest BCUT2D eigenvalue weighted by Gasteiger charge is -2.22. The van der Waals surface area contributed by atoms with E-state index in [0.717, 1.165) is 31.1 Å². The molecule has 3 rings (SSSR count). The minimum absolute atomic E-state index is 0.357. The van der Waals surface area contributed by atoms with Gasteiger partial charge in [0.15, 0.2) is 0 Å². The molecule has 2 aliphatic heterocycles. The summed E-state index contributed by atoms with van der Waals surface area (Å²) in [7, 11) is 0. The molecule has 2 heterocycles. The number of benzene rings is 1. The van der Waals surface area contributed by atoms with Crippen molar-refractivity contribution in [1.29, 1.82) is 0 Å². The first-order valence-electron chi connectivity index (χ1n) is 8.81. The molecule has 2 saturated heterocycles. The molecule has 122 valence electrons. The molecule has 3 nitrogen and oxygen atoms in total. The van der Waals surface area contributed by atoms with Gasteiger partial charge in [0.05, 0.1) is 6.10 Å². The van der Waals surface area contributed by atoms with Crippen LogP contribution in [0.15, 0.2) is 18.2 Å². The molecular weight excluding hydrogens is 272 g/mol. The zero-order valence-corrected chi connectivity index (χ0v) is 14.1. The second-order valence-electron chi connectivity index (χ2n) is 7.36. The zero-order chi connectivity index (χ0) is 15.5. The van der Waals surface area contributed by atoms with Crippen LogP contribution in [0.2, 0.25) is 0 Å². The summed E-state index contributed by atoms with van der Waals surface area (Å²) in [6.45, 7) is 11.1. The van der Waals surface area contributed by atoms with Crippen LogP contribution in [0, 0.1) is 19.8 Å². The van der Waals surface area contributed by atoms with Crippen molar-refractivity contribution < 1.29 is 5.11 Å². The summed E-state index contributed by atoms with van der Waals surface area (Å²) in [4.78, 5) is 5.07. The van der Waals surface area contributed by atoms with Gasteiger partial charge in [-0.05, 0) is 64.2 Å². The van der Waals surface area contributed by atoms with E-state index in [1.54, 1.807) is 0 Å². The number of likely N-dealkylation sites (tertiary alicyclic amines) is 2. The molecule has 22 heavy (non-hydrogen) atoms. The minimum atomic E-state index is -0.357. The highest BCUT2D eigenvalue weighted by Crippen LogP contribution is 2.23. The van der Waals surface area contributed by atoms with Crippen molar-refractivity contribution in [3.63, 3.8) is 0 Å². The average Bonchev–Trinajstić information content (AvgIpc) is 3.10. The molecule has 1 aromatic rings. The molecule has 2 fully saturated rings. The van der Waals surface area contributed by atoms with E-state index in [0.29, 0.717) is 0 Å². The highest BCUT2D eigenvalue weighted by atomic mass is 16.3. The predicted molar refractivity (Wildman–Crippen MR) is 91.1 cm³/mol. The summed E-state index contributed by atoms with van der Waals surface area (Å²) in [5, 5.41) is 10.5. The average molecular weight is 302 g/mol. The van der Waals surface area contributed by atoms with E-state index in [9.17, 15) is 5.11 Å². The Hall–Kier alpha value is -0.900. The van der Waals surface area contributed by atoms with E-state index in [1.807, 2.05) is 0 Å². The molecule has 2 unspecified atom stereocenters. The third-order valence-corrected chi connectivity index (χ3v) is 5.14. The van der Waals surface area contributed by atoms with Gasteiger partial charge in [-0.2, -0.15) is 0 Å². The molecule has 0 radical (unpaired) electrons. The lowest BCUT2D eigenvalue weighted by Crippen LogP contribution is -2.30. The van der Waals surface area contributed by atoms with Crippen LogP contribution in [0.5, 0.6) is 0 Å². The molecule has 2 atom stereocenters. The lowest BCUT2D eigenvalue weighted by molar-refractivity contribution is 0.122. The molecular formula is C19H30N2O. The topological polar surface area (TPSA) is 26.7 Å². The monoisotopic (exact) mass is 302 g/mol. The Morgan fingerprint density at radius 1 is 1.05 bits per heavy atom. The second-order valence-corrected chi connectivity index (χ2v) is 7.36. The lowest BCUT2D eigenvalue weighted by atomic mass is 10.0. The summed E-state index contributed by atoms with van der Waals surface area (Å²) in [6, 6.07) is 6.41. The van der Waals surface area contributed by atoms with Crippen LogP contribution in [0.25, 0.3) is 0 Å². The van der Waals surface area contributed by atoms with Gasteiger partial charge < -0.3 is 14.9 Å². The van der Waals surface area contributed by atoms with E-state index >= 15 is 0 Å². The predicted octanol–water partition coefficient (Wildman–Crippen LogP) is 2.75. The summed E-state index contributed by atoms with van der Waals surface area (Å²) in [5.74, 6) is 0.796. The van der Waals surface area contributed by atoms with Gasteiger partial charge in [0, 0.05) is 19.6 Å². The van der Waals surface area contributed by atoms with Crippen LogP contribution in [0.4, 0.5) is 0 Å². The van der Waals surface area contributed by atoms with Crippen molar-refractivity contribution in [2.24, 2.45) is 5.92 Å². The van der Waals surface area contributed by atoms with Gasteiger partial charge in [-0.15, -0.1) is 0 Å². The number of β-amino-alcohol motifs (C(OH)–C–C–N with tert-alkyl or cyclic N) is 1. The molecule has 1 aromatic carbocycles. The summed E-state index contributed by atoms with van der Waals surface area (Å²) in [5.41, 5.74) is 3.55. The molecule has 0 aliphatic carbocycles. The van der Waals surface area contributed by atoms with Crippen LogP contribution in [-0.4, -0.2) is 54.2 Å². The molecule has 0 spiro atoms. The van der Waals surface area contributed by atoms with Crippen LogP contribution < -0.4 is 0 Å². The molecule has 0 aromatic heterocycles. The maximum atomic E-state index is 10.5. The summed E-state index contributed by atoms with van der Waals surface area (Å²) >= 11 is 0. The van der Waals surface area contributed by atoms with Crippen molar-refractivity contribution in [3.8, 4) is 0 Å². The van der Waals surface area contributed by atoms with E-state index < -0.39 is 0 Å². The Kier molecular flexibility index (Phi) is 5.17. The van der Waals surface area contributed by atoms with Gasteiger partial charge in [0.1, 0.15) is 0 Å². The van der Waals surface area contributed by atoms with Crippen LogP contribution in [-0.2, 0) is 0 Å². The zero-order valence-electron chi connectivity index (χ0n) is 14.1. The Morgan fingerprint density at radius 2 is 1.73 bits per heavy atom. The van der Waals surface area contributed by atoms with Gasteiger partial charge in [-0.1, -0.05) is 29.3 Å². The van der Waals surface area contributed by atoms with Gasteiger partial charge >= 0.3 is 0 Å². The molecule has 0 bridgehead atoms. The second kappa shape index (κ2) is 7.12. The first-order chi connectivity index (χ1) is 10.6. The Morgan fingerprint density at radius 3 is 2.41 bits per heavy atom. The van der Waals surface area contributed by atoms with Crippen molar-refractivity contribution in [3.05, 3.63) is 34.9 Å². The molecule has 0 amide bonds. The third-order valence-electron chi connectivity index (χ3n) is 5.14. The van der Waals surface area contributed by atoms with E-state index in [4.69, 9.17) is 0 Å².